The Labute approximate surface area is 183 Å². The van der Waals surface area contributed by atoms with Gasteiger partial charge >= 0.3 is 0 Å². The summed E-state index contributed by atoms with van der Waals surface area (Å²) in [7, 11) is 0. The lowest BCUT2D eigenvalue weighted by atomic mass is 9.77. The third kappa shape index (κ3) is 3.52. The molecule has 1 fully saturated rings. The molecule has 5 nitrogen and oxygen atoms in total. The van der Waals surface area contributed by atoms with Crippen molar-refractivity contribution in [3.05, 3.63) is 64.1 Å². The fraction of sp³-hybridized carbons (Fsp3) is 0.417. The molecule has 2 atom stereocenters. The Hall–Kier alpha value is -2.65. The Kier molecular flexibility index (Phi) is 5.42. The molecule has 1 aromatic carbocycles. The summed E-state index contributed by atoms with van der Waals surface area (Å²) in [5.41, 5.74) is 1.57. The number of aryl methyl sites for hydroxylation is 1. The number of anilines is 1. The fourth-order valence-electron chi connectivity index (χ4n) is 4.71. The lowest BCUT2D eigenvalue weighted by molar-refractivity contribution is -0.120. The summed E-state index contributed by atoms with van der Waals surface area (Å²) in [6.07, 6.45) is 3.42. The third-order valence-electron chi connectivity index (χ3n) is 6.26. The first-order valence-corrected chi connectivity index (χ1v) is 10.9. The van der Waals surface area contributed by atoms with Crippen molar-refractivity contribution in [2.45, 2.75) is 64.0 Å². The van der Waals surface area contributed by atoms with Crippen LogP contribution in [0.15, 0.2) is 51.4 Å². The summed E-state index contributed by atoms with van der Waals surface area (Å²) in [4.78, 5) is 14.8. The van der Waals surface area contributed by atoms with Crippen LogP contribution in [0.2, 0.25) is 0 Å². The molecule has 1 aliphatic carbocycles. The summed E-state index contributed by atoms with van der Waals surface area (Å²) in [5.74, 6) is 2.10. The number of hydrogen-bond donors (Lipinski definition) is 2. The molecule has 1 aromatic heterocycles. The largest absolute Gasteiger partial charge is 0.466 e. The summed E-state index contributed by atoms with van der Waals surface area (Å²) in [6.45, 7) is 6.26. The SMILES string of the molecule is Cc1ccc(C2CCCC3(C2)NC(=O)C(C#N)=C(S)N3c2ccc(C(C)C)cc2)o1. The molecule has 30 heavy (non-hydrogen) atoms. The Morgan fingerprint density at radius 2 is 2.00 bits per heavy atom. The van der Waals surface area contributed by atoms with Crippen LogP contribution in [0, 0.1) is 18.3 Å². The number of nitrogens with one attached hydrogen (secondary N) is 1. The zero-order valence-corrected chi connectivity index (χ0v) is 18.5. The van der Waals surface area contributed by atoms with Crippen LogP contribution in [-0.2, 0) is 4.79 Å². The van der Waals surface area contributed by atoms with Crippen molar-refractivity contribution in [1.82, 2.24) is 5.32 Å². The quantitative estimate of drug-likeness (QED) is 0.654. The van der Waals surface area contributed by atoms with Gasteiger partial charge in [-0.2, -0.15) is 5.26 Å². The number of carbonyl (C=O) groups excluding carboxylic acids is 1. The van der Waals surface area contributed by atoms with Crippen molar-refractivity contribution in [3.63, 3.8) is 0 Å². The van der Waals surface area contributed by atoms with Gasteiger partial charge in [0.15, 0.2) is 0 Å². The van der Waals surface area contributed by atoms with E-state index in [2.05, 4.69) is 56.1 Å². The number of amides is 1. The minimum atomic E-state index is -0.641. The molecule has 2 aromatic rings. The van der Waals surface area contributed by atoms with Crippen LogP contribution in [0.25, 0.3) is 0 Å². The molecule has 1 aliphatic heterocycles. The van der Waals surface area contributed by atoms with Crippen LogP contribution in [0.1, 0.15) is 68.5 Å². The number of benzene rings is 1. The predicted molar refractivity (Wildman–Crippen MR) is 120 cm³/mol. The van der Waals surface area contributed by atoms with Crippen molar-refractivity contribution < 1.29 is 9.21 Å². The maximum atomic E-state index is 12.8. The van der Waals surface area contributed by atoms with E-state index in [-0.39, 0.29) is 17.4 Å². The van der Waals surface area contributed by atoms with Gasteiger partial charge in [0.2, 0.25) is 0 Å². The summed E-state index contributed by atoms with van der Waals surface area (Å²) in [5, 5.41) is 13.2. The van der Waals surface area contributed by atoms with E-state index < -0.39 is 5.66 Å². The van der Waals surface area contributed by atoms with Crippen LogP contribution in [0.4, 0.5) is 5.69 Å². The van der Waals surface area contributed by atoms with Gasteiger partial charge in [-0.3, -0.25) is 4.79 Å². The number of rotatable bonds is 3. The van der Waals surface area contributed by atoms with Gasteiger partial charge in [-0.1, -0.05) is 26.0 Å². The summed E-state index contributed by atoms with van der Waals surface area (Å²) < 4.78 is 5.92. The fourth-order valence-corrected chi connectivity index (χ4v) is 5.17. The second-order valence-corrected chi connectivity index (χ2v) is 9.04. The molecule has 1 N–H and O–H groups in total. The maximum absolute atomic E-state index is 12.8. The van der Waals surface area contributed by atoms with Crippen LogP contribution in [-0.4, -0.2) is 11.6 Å². The van der Waals surface area contributed by atoms with Gasteiger partial charge in [0.1, 0.15) is 28.8 Å². The molecule has 6 heteroatoms. The molecule has 2 unspecified atom stereocenters. The van der Waals surface area contributed by atoms with Crippen LogP contribution < -0.4 is 10.2 Å². The summed E-state index contributed by atoms with van der Waals surface area (Å²) >= 11 is 4.67. The Morgan fingerprint density at radius 3 is 2.60 bits per heavy atom. The van der Waals surface area contributed by atoms with Gasteiger partial charge in [0.05, 0.1) is 5.03 Å². The van der Waals surface area contributed by atoms with Crippen LogP contribution in [0.5, 0.6) is 0 Å². The highest BCUT2D eigenvalue weighted by molar-refractivity contribution is 7.84. The molecular formula is C24H27N3O2S. The molecule has 0 radical (unpaired) electrons. The molecule has 1 spiro atoms. The highest BCUT2D eigenvalue weighted by atomic mass is 32.1. The van der Waals surface area contributed by atoms with Gasteiger partial charge in [-0.05, 0) is 68.4 Å². The van der Waals surface area contributed by atoms with Crippen molar-refractivity contribution in [3.8, 4) is 6.07 Å². The molecule has 2 aliphatic rings. The molecule has 0 bridgehead atoms. The minimum absolute atomic E-state index is 0.0489. The van der Waals surface area contributed by atoms with E-state index in [0.29, 0.717) is 17.4 Å². The molecule has 2 heterocycles. The highest BCUT2D eigenvalue weighted by Gasteiger charge is 2.48. The molecule has 1 saturated carbocycles. The minimum Gasteiger partial charge on any atom is -0.466 e. The van der Waals surface area contributed by atoms with Crippen molar-refractivity contribution >= 4 is 24.2 Å². The first-order chi connectivity index (χ1) is 14.3. The second kappa shape index (κ2) is 7.88. The number of nitrogens with zero attached hydrogens (tertiary/aromatic N) is 2. The molecule has 4 rings (SSSR count). The first kappa shape index (κ1) is 20.6. The van der Waals surface area contributed by atoms with Crippen molar-refractivity contribution in [1.29, 1.82) is 5.26 Å². The predicted octanol–water partition coefficient (Wildman–Crippen LogP) is 5.37. The van der Waals surface area contributed by atoms with Crippen molar-refractivity contribution in [2.75, 3.05) is 4.90 Å². The van der Waals surface area contributed by atoms with Crippen LogP contribution in [0.3, 0.4) is 0 Å². The average molecular weight is 422 g/mol. The molecule has 156 valence electrons. The van der Waals surface area contributed by atoms with E-state index in [1.165, 1.54) is 5.56 Å². The number of thiol groups is 1. The van der Waals surface area contributed by atoms with Gasteiger partial charge < -0.3 is 14.6 Å². The number of furan rings is 1. The monoisotopic (exact) mass is 421 g/mol. The number of carbonyl (C=O) groups is 1. The standard InChI is InChI=1S/C24H27N3O2S/c1-15(2)17-7-9-19(10-8-17)27-23(30)20(14-25)22(28)26-24(27)12-4-5-18(13-24)21-11-6-16(3)29-21/h6-11,15,18,30H,4-5,12-13H2,1-3H3,(H,26,28). The lowest BCUT2D eigenvalue weighted by Gasteiger charge is -2.51. The number of hydrogen-bond acceptors (Lipinski definition) is 5. The van der Waals surface area contributed by atoms with Gasteiger partial charge in [-0.25, -0.2) is 0 Å². The third-order valence-corrected chi connectivity index (χ3v) is 6.68. The lowest BCUT2D eigenvalue weighted by Crippen LogP contribution is -2.65. The van der Waals surface area contributed by atoms with Gasteiger partial charge in [0.25, 0.3) is 5.91 Å². The van der Waals surface area contributed by atoms with Crippen molar-refractivity contribution in [2.24, 2.45) is 0 Å². The summed E-state index contributed by atoms with van der Waals surface area (Å²) in [6, 6.07) is 14.4. The molecule has 1 amide bonds. The van der Waals surface area contributed by atoms with E-state index in [4.69, 9.17) is 4.42 Å². The van der Waals surface area contributed by atoms with Crippen LogP contribution >= 0.6 is 12.6 Å². The maximum Gasteiger partial charge on any atom is 0.266 e. The highest BCUT2D eigenvalue weighted by Crippen LogP contribution is 2.46. The second-order valence-electron chi connectivity index (χ2n) is 8.62. The van der Waals surface area contributed by atoms with E-state index in [1.54, 1.807) is 0 Å². The Morgan fingerprint density at radius 1 is 1.27 bits per heavy atom. The van der Waals surface area contributed by atoms with E-state index >= 15 is 0 Å². The smallest absolute Gasteiger partial charge is 0.266 e. The van der Waals surface area contributed by atoms with Gasteiger partial charge in [0, 0.05) is 11.6 Å². The van der Waals surface area contributed by atoms with E-state index in [1.807, 2.05) is 30.0 Å². The normalized spacial score (nSPS) is 24.3. The van der Waals surface area contributed by atoms with E-state index in [0.717, 1.165) is 36.5 Å². The average Bonchev–Trinajstić information content (AvgIpc) is 3.15. The first-order valence-electron chi connectivity index (χ1n) is 10.5. The Bertz CT molecular complexity index is 1030. The molecular weight excluding hydrogens is 394 g/mol. The molecule has 0 saturated heterocycles. The zero-order valence-electron chi connectivity index (χ0n) is 17.6. The van der Waals surface area contributed by atoms with Gasteiger partial charge in [-0.15, -0.1) is 12.6 Å². The Balaban J connectivity index is 1.79. The zero-order chi connectivity index (χ0) is 21.5. The topological polar surface area (TPSA) is 69.3 Å². The van der Waals surface area contributed by atoms with E-state index in [9.17, 15) is 10.1 Å². The number of nitriles is 1.